The van der Waals surface area contributed by atoms with E-state index in [1.807, 2.05) is 17.0 Å². The maximum absolute atomic E-state index is 13.2. The zero-order chi connectivity index (χ0) is 22.6. The molecule has 2 aliphatic heterocycles. The molecule has 0 radical (unpaired) electrons. The third-order valence-corrected chi connectivity index (χ3v) is 7.05. The van der Waals surface area contributed by atoms with Crippen LogP contribution >= 0.6 is 0 Å². The molecule has 2 N–H and O–H groups in total. The summed E-state index contributed by atoms with van der Waals surface area (Å²) in [5.74, 6) is 0.110. The molecule has 0 saturated carbocycles. The van der Waals surface area contributed by atoms with Gasteiger partial charge in [-0.1, -0.05) is 89.0 Å². The molecule has 2 heterocycles. The molecule has 1 saturated heterocycles. The van der Waals surface area contributed by atoms with E-state index in [0.29, 0.717) is 13.0 Å². The molecule has 0 aromatic heterocycles. The minimum Gasteiger partial charge on any atom is -0.354 e. The Bertz CT molecular complexity index is 721. The van der Waals surface area contributed by atoms with Gasteiger partial charge in [-0.3, -0.25) is 9.59 Å². The quantitative estimate of drug-likeness (QED) is 0.435. The first-order valence-corrected chi connectivity index (χ1v) is 13.1. The van der Waals surface area contributed by atoms with Gasteiger partial charge < -0.3 is 15.5 Å². The second kappa shape index (κ2) is 13.6. The average Bonchev–Trinajstić information content (AvgIpc) is 3.32. The van der Waals surface area contributed by atoms with Crippen LogP contribution in [0.3, 0.4) is 0 Å². The van der Waals surface area contributed by atoms with E-state index in [2.05, 4.69) is 29.7 Å². The number of nitrogens with zero attached hydrogens (tertiary/aromatic N) is 1. The summed E-state index contributed by atoms with van der Waals surface area (Å²) in [5, 5.41) is 6.48. The Labute approximate surface area is 194 Å². The standard InChI is InChI=1S/C27H43N3O2/c1-2-3-4-5-6-7-8-9-10-13-18-28-26(31)25-17-14-19-30(25)27(32)24-20-22-15-11-12-16-23(22)21-29-24/h11-12,15-16,24-25,29H,2-10,13-14,17-21H2,1H3,(H,28,31). The van der Waals surface area contributed by atoms with E-state index in [1.165, 1.54) is 68.9 Å². The Balaban J connectivity index is 1.32. The predicted octanol–water partition coefficient (Wildman–Crippen LogP) is 4.73. The summed E-state index contributed by atoms with van der Waals surface area (Å²) in [5.41, 5.74) is 2.51. The third-order valence-electron chi connectivity index (χ3n) is 7.05. The first-order valence-electron chi connectivity index (χ1n) is 13.1. The third kappa shape index (κ3) is 7.33. The van der Waals surface area contributed by atoms with Crippen molar-refractivity contribution < 1.29 is 9.59 Å². The maximum Gasteiger partial charge on any atom is 0.242 e. The first kappa shape index (κ1) is 24.8. The number of hydrogen-bond acceptors (Lipinski definition) is 3. The fourth-order valence-corrected chi connectivity index (χ4v) is 5.07. The molecule has 1 fully saturated rings. The fourth-order valence-electron chi connectivity index (χ4n) is 5.07. The zero-order valence-corrected chi connectivity index (χ0v) is 20.0. The van der Waals surface area contributed by atoms with E-state index in [-0.39, 0.29) is 23.9 Å². The molecule has 3 rings (SSSR count). The second-order valence-corrected chi connectivity index (χ2v) is 9.57. The highest BCUT2D eigenvalue weighted by Crippen LogP contribution is 2.22. The average molecular weight is 442 g/mol. The van der Waals surface area contributed by atoms with Gasteiger partial charge in [-0.05, 0) is 36.8 Å². The highest BCUT2D eigenvalue weighted by Gasteiger charge is 2.37. The highest BCUT2D eigenvalue weighted by molar-refractivity contribution is 5.90. The molecule has 2 amide bonds. The molecular weight excluding hydrogens is 398 g/mol. The van der Waals surface area contributed by atoms with Crippen LogP contribution in [-0.4, -0.2) is 41.9 Å². The fraction of sp³-hybridized carbons (Fsp3) is 0.704. The Hall–Kier alpha value is -1.88. The molecule has 2 atom stereocenters. The van der Waals surface area contributed by atoms with Gasteiger partial charge in [0.15, 0.2) is 0 Å². The van der Waals surface area contributed by atoms with Gasteiger partial charge in [0.25, 0.3) is 0 Å². The molecule has 0 aliphatic carbocycles. The monoisotopic (exact) mass is 441 g/mol. The van der Waals surface area contributed by atoms with Crippen LogP contribution < -0.4 is 10.6 Å². The molecule has 0 spiro atoms. The van der Waals surface area contributed by atoms with Crippen LogP contribution in [0.15, 0.2) is 24.3 Å². The Kier molecular flexibility index (Phi) is 10.5. The van der Waals surface area contributed by atoms with Crippen molar-refractivity contribution >= 4 is 11.8 Å². The minimum absolute atomic E-state index is 0.0305. The molecule has 2 aliphatic rings. The molecule has 0 bridgehead atoms. The van der Waals surface area contributed by atoms with Crippen LogP contribution in [0.2, 0.25) is 0 Å². The number of hydrogen-bond donors (Lipinski definition) is 2. The van der Waals surface area contributed by atoms with Crippen molar-refractivity contribution in [1.29, 1.82) is 0 Å². The van der Waals surface area contributed by atoms with Gasteiger partial charge in [-0.2, -0.15) is 0 Å². The van der Waals surface area contributed by atoms with Gasteiger partial charge >= 0.3 is 0 Å². The lowest BCUT2D eigenvalue weighted by atomic mass is 9.95. The number of fused-ring (bicyclic) bond motifs is 1. The predicted molar refractivity (Wildman–Crippen MR) is 130 cm³/mol. The number of benzene rings is 1. The SMILES string of the molecule is CCCCCCCCCCCCNC(=O)C1CCCN1C(=O)C1Cc2ccccc2CN1. The number of unbranched alkanes of at least 4 members (excludes halogenated alkanes) is 9. The maximum atomic E-state index is 13.2. The molecule has 5 heteroatoms. The molecule has 32 heavy (non-hydrogen) atoms. The number of likely N-dealkylation sites (tertiary alicyclic amines) is 1. The van der Waals surface area contributed by atoms with E-state index < -0.39 is 0 Å². The summed E-state index contributed by atoms with van der Waals surface area (Å²) in [6.45, 7) is 4.39. The normalized spacial score (nSPS) is 20.2. The summed E-state index contributed by atoms with van der Waals surface area (Å²) in [6.07, 6.45) is 15.3. The van der Waals surface area contributed by atoms with Crippen molar-refractivity contribution in [3.63, 3.8) is 0 Å². The molecule has 178 valence electrons. The van der Waals surface area contributed by atoms with E-state index in [1.54, 1.807) is 0 Å². The molecule has 2 unspecified atom stereocenters. The lowest BCUT2D eigenvalue weighted by Crippen LogP contribution is -2.54. The molecule has 1 aromatic rings. The van der Waals surface area contributed by atoms with Gasteiger partial charge in [0, 0.05) is 19.6 Å². The van der Waals surface area contributed by atoms with Gasteiger partial charge in [-0.15, -0.1) is 0 Å². The minimum atomic E-state index is -0.301. The summed E-state index contributed by atoms with van der Waals surface area (Å²) < 4.78 is 0. The van der Waals surface area contributed by atoms with E-state index in [0.717, 1.165) is 32.4 Å². The van der Waals surface area contributed by atoms with Crippen LogP contribution in [0.25, 0.3) is 0 Å². The van der Waals surface area contributed by atoms with Gasteiger partial charge in [0.1, 0.15) is 6.04 Å². The number of amides is 2. The Morgan fingerprint density at radius 1 is 0.969 bits per heavy atom. The number of rotatable bonds is 13. The van der Waals surface area contributed by atoms with Gasteiger partial charge in [-0.25, -0.2) is 0 Å². The van der Waals surface area contributed by atoms with E-state index >= 15 is 0 Å². The van der Waals surface area contributed by atoms with Crippen molar-refractivity contribution in [2.75, 3.05) is 13.1 Å². The van der Waals surface area contributed by atoms with Crippen molar-refractivity contribution in [3.8, 4) is 0 Å². The highest BCUT2D eigenvalue weighted by atomic mass is 16.2. The number of carbonyl (C=O) groups excluding carboxylic acids is 2. The topological polar surface area (TPSA) is 61.4 Å². The van der Waals surface area contributed by atoms with Gasteiger partial charge in [0.2, 0.25) is 11.8 Å². The first-order chi connectivity index (χ1) is 15.7. The summed E-state index contributed by atoms with van der Waals surface area (Å²) in [6, 6.07) is 7.77. The molecule has 5 nitrogen and oxygen atoms in total. The van der Waals surface area contributed by atoms with Crippen LogP contribution in [-0.2, 0) is 22.6 Å². The molecular formula is C27H43N3O2. The number of nitrogens with one attached hydrogen (secondary N) is 2. The Morgan fingerprint density at radius 2 is 1.62 bits per heavy atom. The Morgan fingerprint density at radius 3 is 2.34 bits per heavy atom. The zero-order valence-electron chi connectivity index (χ0n) is 20.0. The van der Waals surface area contributed by atoms with Crippen molar-refractivity contribution in [2.45, 2.75) is 109 Å². The van der Waals surface area contributed by atoms with E-state index in [9.17, 15) is 9.59 Å². The van der Waals surface area contributed by atoms with Crippen LogP contribution in [0.5, 0.6) is 0 Å². The van der Waals surface area contributed by atoms with Gasteiger partial charge in [0.05, 0.1) is 6.04 Å². The smallest absolute Gasteiger partial charge is 0.242 e. The van der Waals surface area contributed by atoms with Crippen molar-refractivity contribution in [2.24, 2.45) is 0 Å². The van der Waals surface area contributed by atoms with Crippen LogP contribution in [0, 0.1) is 0 Å². The lowest BCUT2D eigenvalue weighted by Gasteiger charge is -2.31. The van der Waals surface area contributed by atoms with Crippen LogP contribution in [0.1, 0.15) is 95.1 Å². The summed E-state index contributed by atoms with van der Waals surface area (Å²) in [7, 11) is 0. The largest absolute Gasteiger partial charge is 0.354 e. The van der Waals surface area contributed by atoms with Crippen molar-refractivity contribution in [1.82, 2.24) is 15.5 Å². The van der Waals surface area contributed by atoms with Crippen LogP contribution in [0.4, 0.5) is 0 Å². The van der Waals surface area contributed by atoms with Crippen molar-refractivity contribution in [3.05, 3.63) is 35.4 Å². The lowest BCUT2D eigenvalue weighted by molar-refractivity contribution is -0.140. The number of carbonyl (C=O) groups is 2. The van der Waals surface area contributed by atoms with E-state index in [4.69, 9.17) is 0 Å². The second-order valence-electron chi connectivity index (χ2n) is 9.57. The molecule has 1 aromatic carbocycles. The summed E-state index contributed by atoms with van der Waals surface area (Å²) >= 11 is 0. The summed E-state index contributed by atoms with van der Waals surface area (Å²) in [4.78, 5) is 27.8.